The third kappa shape index (κ3) is 2.86. The number of aliphatic hydroxyl groups excluding tert-OH is 2. The van der Waals surface area contributed by atoms with Crippen LogP contribution in [0.4, 0.5) is 0 Å². The molecule has 0 spiro atoms. The summed E-state index contributed by atoms with van der Waals surface area (Å²) in [4.78, 5) is 1.19. The topological polar surface area (TPSA) is 40.5 Å². The highest BCUT2D eigenvalue weighted by atomic mass is 79.9. The zero-order valence-electron chi connectivity index (χ0n) is 6.53. The zero-order valence-corrected chi connectivity index (χ0v) is 8.94. The van der Waals surface area contributed by atoms with Crippen LogP contribution < -0.4 is 0 Å². The third-order valence-corrected chi connectivity index (χ3v) is 3.35. The molecule has 0 amide bonds. The molecule has 0 saturated carbocycles. The fourth-order valence-electron chi connectivity index (χ4n) is 0.932. The van der Waals surface area contributed by atoms with Crippen LogP contribution in [0.25, 0.3) is 0 Å². The van der Waals surface area contributed by atoms with Crippen molar-refractivity contribution in [3.05, 3.63) is 20.8 Å². The molecule has 1 heterocycles. The van der Waals surface area contributed by atoms with E-state index < -0.39 is 0 Å². The van der Waals surface area contributed by atoms with Gasteiger partial charge in [-0.3, -0.25) is 0 Å². The molecule has 0 aromatic carbocycles. The van der Waals surface area contributed by atoms with Crippen LogP contribution in [0.3, 0.4) is 0 Å². The second-order valence-electron chi connectivity index (χ2n) is 2.67. The lowest BCUT2D eigenvalue weighted by Crippen LogP contribution is -2.13. The van der Waals surface area contributed by atoms with Crippen molar-refractivity contribution in [2.75, 3.05) is 13.2 Å². The van der Waals surface area contributed by atoms with Crippen LogP contribution in [0.1, 0.15) is 4.88 Å². The lowest BCUT2D eigenvalue weighted by atomic mass is 10.1. The Bertz CT molecular complexity index is 233. The fourth-order valence-corrected chi connectivity index (χ4v) is 2.50. The molecule has 0 radical (unpaired) electrons. The van der Waals surface area contributed by atoms with E-state index in [1.54, 1.807) is 11.3 Å². The molecule has 1 aromatic rings. The molecular formula is C8H11BrO2S. The Morgan fingerprint density at radius 2 is 2.08 bits per heavy atom. The monoisotopic (exact) mass is 250 g/mol. The second kappa shape index (κ2) is 4.97. The Morgan fingerprint density at radius 1 is 1.42 bits per heavy atom. The second-order valence-corrected chi connectivity index (χ2v) is 4.58. The van der Waals surface area contributed by atoms with Crippen LogP contribution in [0.2, 0.25) is 0 Å². The standard InChI is InChI=1S/C8H11BrO2S/c9-7-2-8(12-5-7)1-6(3-10)4-11/h2,5-6,10-11H,1,3-4H2. The van der Waals surface area contributed by atoms with E-state index in [0.29, 0.717) is 0 Å². The average molecular weight is 251 g/mol. The van der Waals surface area contributed by atoms with E-state index >= 15 is 0 Å². The largest absolute Gasteiger partial charge is 0.396 e. The lowest BCUT2D eigenvalue weighted by Gasteiger charge is -2.07. The van der Waals surface area contributed by atoms with Crippen molar-refractivity contribution >= 4 is 27.3 Å². The normalized spacial score (nSPS) is 11.0. The van der Waals surface area contributed by atoms with Crippen molar-refractivity contribution in [2.24, 2.45) is 5.92 Å². The summed E-state index contributed by atoms with van der Waals surface area (Å²) in [6, 6.07) is 2.02. The number of aliphatic hydroxyl groups is 2. The van der Waals surface area contributed by atoms with Gasteiger partial charge in [-0.25, -0.2) is 0 Å². The van der Waals surface area contributed by atoms with E-state index in [1.165, 1.54) is 4.88 Å². The molecule has 0 unspecified atom stereocenters. The minimum Gasteiger partial charge on any atom is -0.396 e. The van der Waals surface area contributed by atoms with Gasteiger partial charge in [-0.05, 0) is 28.4 Å². The third-order valence-electron chi connectivity index (χ3n) is 1.63. The molecule has 2 nitrogen and oxygen atoms in total. The molecular weight excluding hydrogens is 240 g/mol. The Balaban J connectivity index is 2.50. The van der Waals surface area contributed by atoms with Crippen molar-refractivity contribution in [2.45, 2.75) is 6.42 Å². The van der Waals surface area contributed by atoms with Crippen molar-refractivity contribution in [1.29, 1.82) is 0 Å². The minimum absolute atomic E-state index is 0.0180. The van der Waals surface area contributed by atoms with Gasteiger partial charge >= 0.3 is 0 Å². The van der Waals surface area contributed by atoms with Gasteiger partial charge < -0.3 is 10.2 Å². The summed E-state index contributed by atoms with van der Waals surface area (Å²) in [6.07, 6.45) is 0.753. The van der Waals surface area contributed by atoms with E-state index in [-0.39, 0.29) is 19.1 Å². The molecule has 0 aliphatic heterocycles. The van der Waals surface area contributed by atoms with Crippen molar-refractivity contribution in [1.82, 2.24) is 0 Å². The van der Waals surface area contributed by atoms with Gasteiger partial charge in [0, 0.05) is 33.9 Å². The van der Waals surface area contributed by atoms with Crippen LogP contribution >= 0.6 is 27.3 Å². The summed E-state index contributed by atoms with van der Waals surface area (Å²) in [5.74, 6) is -0.0180. The van der Waals surface area contributed by atoms with Gasteiger partial charge in [-0.15, -0.1) is 11.3 Å². The van der Waals surface area contributed by atoms with Crippen LogP contribution in [0.5, 0.6) is 0 Å². The summed E-state index contributed by atoms with van der Waals surface area (Å²) >= 11 is 4.99. The molecule has 0 atom stereocenters. The van der Waals surface area contributed by atoms with E-state index in [0.717, 1.165) is 10.9 Å². The Morgan fingerprint density at radius 3 is 2.50 bits per heavy atom. The predicted octanol–water partition coefficient (Wildman–Crippen LogP) is 1.65. The van der Waals surface area contributed by atoms with Gasteiger partial charge in [0.1, 0.15) is 0 Å². The maximum atomic E-state index is 8.83. The van der Waals surface area contributed by atoms with Gasteiger partial charge in [0.15, 0.2) is 0 Å². The van der Waals surface area contributed by atoms with E-state index in [2.05, 4.69) is 15.9 Å². The zero-order chi connectivity index (χ0) is 8.97. The SMILES string of the molecule is OCC(CO)Cc1cc(Br)cs1. The molecule has 68 valence electrons. The molecule has 0 bridgehead atoms. The van der Waals surface area contributed by atoms with Crippen molar-refractivity contribution < 1.29 is 10.2 Å². The summed E-state index contributed by atoms with van der Waals surface area (Å²) < 4.78 is 1.07. The minimum atomic E-state index is -0.0180. The molecule has 0 aliphatic rings. The number of hydrogen-bond acceptors (Lipinski definition) is 3. The molecule has 1 aromatic heterocycles. The number of thiophene rings is 1. The van der Waals surface area contributed by atoms with E-state index in [9.17, 15) is 0 Å². The molecule has 12 heavy (non-hydrogen) atoms. The number of hydrogen-bond donors (Lipinski definition) is 2. The van der Waals surface area contributed by atoms with Gasteiger partial charge in [0.2, 0.25) is 0 Å². The predicted molar refractivity (Wildman–Crippen MR) is 53.4 cm³/mol. The van der Waals surface area contributed by atoms with Crippen LogP contribution in [-0.2, 0) is 6.42 Å². The first-order chi connectivity index (χ1) is 5.76. The highest BCUT2D eigenvalue weighted by Gasteiger charge is 2.08. The summed E-state index contributed by atoms with van der Waals surface area (Å²) in [6.45, 7) is 0.0953. The Hall–Kier alpha value is 0.1000. The van der Waals surface area contributed by atoms with Crippen LogP contribution in [0.15, 0.2) is 15.9 Å². The highest BCUT2D eigenvalue weighted by molar-refractivity contribution is 9.10. The quantitative estimate of drug-likeness (QED) is 0.854. The number of rotatable bonds is 4. The van der Waals surface area contributed by atoms with Gasteiger partial charge in [-0.1, -0.05) is 0 Å². The van der Waals surface area contributed by atoms with Crippen LogP contribution in [-0.4, -0.2) is 23.4 Å². The van der Waals surface area contributed by atoms with Gasteiger partial charge in [-0.2, -0.15) is 0 Å². The first-order valence-corrected chi connectivity index (χ1v) is 5.38. The van der Waals surface area contributed by atoms with Crippen LogP contribution in [0, 0.1) is 5.92 Å². The highest BCUT2D eigenvalue weighted by Crippen LogP contribution is 2.22. The molecule has 1 rings (SSSR count). The lowest BCUT2D eigenvalue weighted by molar-refractivity contribution is 0.150. The van der Waals surface area contributed by atoms with Crippen molar-refractivity contribution in [3.63, 3.8) is 0 Å². The first-order valence-electron chi connectivity index (χ1n) is 3.71. The van der Waals surface area contributed by atoms with E-state index in [1.807, 2.05) is 11.4 Å². The van der Waals surface area contributed by atoms with Gasteiger partial charge in [0.25, 0.3) is 0 Å². The van der Waals surface area contributed by atoms with E-state index in [4.69, 9.17) is 10.2 Å². The van der Waals surface area contributed by atoms with Crippen molar-refractivity contribution in [3.8, 4) is 0 Å². The molecule has 2 N–H and O–H groups in total. The average Bonchev–Trinajstić information content (AvgIpc) is 2.47. The Labute approximate surface area is 84.0 Å². The molecule has 4 heteroatoms. The molecule has 0 aliphatic carbocycles. The smallest absolute Gasteiger partial charge is 0.0484 e. The summed E-state index contributed by atoms with van der Waals surface area (Å²) in [7, 11) is 0. The summed E-state index contributed by atoms with van der Waals surface area (Å²) in [5.41, 5.74) is 0. The summed E-state index contributed by atoms with van der Waals surface area (Å²) in [5, 5.41) is 19.7. The number of halogens is 1. The Kier molecular flexibility index (Phi) is 4.21. The fraction of sp³-hybridized carbons (Fsp3) is 0.500. The maximum Gasteiger partial charge on any atom is 0.0484 e. The maximum absolute atomic E-state index is 8.83. The molecule has 0 saturated heterocycles. The molecule has 0 fully saturated rings. The van der Waals surface area contributed by atoms with Gasteiger partial charge in [0.05, 0.1) is 0 Å². The first kappa shape index (κ1) is 10.2.